The van der Waals surface area contributed by atoms with E-state index in [0.29, 0.717) is 35.4 Å². The van der Waals surface area contributed by atoms with Crippen LogP contribution in [0.3, 0.4) is 0 Å². The normalized spacial score (nSPS) is 10.9. The minimum Gasteiger partial charge on any atom is -0.456 e. The van der Waals surface area contributed by atoms with Crippen molar-refractivity contribution in [3.8, 4) is 11.3 Å². The lowest BCUT2D eigenvalue weighted by molar-refractivity contribution is 0.0983. The average molecular weight is 420 g/mol. The minimum atomic E-state index is -0.429. The summed E-state index contributed by atoms with van der Waals surface area (Å²) in [7, 11) is 1.53. The Morgan fingerprint density at radius 2 is 1.94 bits per heavy atom. The van der Waals surface area contributed by atoms with E-state index in [1.807, 2.05) is 30.3 Å². The van der Waals surface area contributed by atoms with Crippen molar-refractivity contribution in [2.45, 2.75) is 20.1 Å². The maximum atomic E-state index is 12.9. The molecule has 0 radical (unpaired) electrons. The number of ketones is 1. The van der Waals surface area contributed by atoms with E-state index in [9.17, 15) is 9.59 Å². The monoisotopic (exact) mass is 420 g/mol. The van der Waals surface area contributed by atoms with E-state index in [0.717, 1.165) is 5.56 Å². The van der Waals surface area contributed by atoms with E-state index in [4.69, 9.17) is 13.6 Å². The molecule has 0 saturated carbocycles. The highest BCUT2D eigenvalue weighted by molar-refractivity contribution is 6.06. The number of rotatable bonds is 8. The van der Waals surface area contributed by atoms with Gasteiger partial charge in [0, 0.05) is 25.8 Å². The summed E-state index contributed by atoms with van der Waals surface area (Å²) in [5, 5.41) is 7.00. The summed E-state index contributed by atoms with van der Waals surface area (Å²) in [6, 6.07) is 12.6. The Morgan fingerprint density at radius 3 is 2.65 bits per heavy atom. The van der Waals surface area contributed by atoms with Crippen LogP contribution in [0.25, 0.3) is 11.3 Å². The zero-order chi connectivity index (χ0) is 21.8. The molecule has 158 valence electrons. The first-order chi connectivity index (χ1) is 15.0. The molecule has 31 heavy (non-hydrogen) atoms. The van der Waals surface area contributed by atoms with Crippen LogP contribution < -0.4 is 5.32 Å². The molecule has 9 heteroatoms. The molecule has 0 spiro atoms. The van der Waals surface area contributed by atoms with Crippen molar-refractivity contribution in [1.29, 1.82) is 0 Å². The molecule has 9 nitrogen and oxygen atoms in total. The van der Waals surface area contributed by atoms with Gasteiger partial charge in [-0.3, -0.25) is 14.3 Å². The topological polar surface area (TPSA) is 112 Å². The van der Waals surface area contributed by atoms with E-state index in [2.05, 4.69) is 15.4 Å². The number of aromatic nitrogens is 3. The lowest BCUT2D eigenvalue weighted by atomic mass is 10.1. The number of furan rings is 1. The third-order valence-corrected chi connectivity index (χ3v) is 4.41. The molecular weight excluding hydrogens is 400 g/mol. The highest BCUT2D eigenvalue weighted by atomic mass is 16.5. The predicted octanol–water partition coefficient (Wildman–Crippen LogP) is 3.78. The summed E-state index contributed by atoms with van der Waals surface area (Å²) >= 11 is 0. The van der Waals surface area contributed by atoms with Crippen molar-refractivity contribution in [2.24, 2.45) is 0 Å². The minimum absolute atomic E-state index is 0.144. The summed E-state index contributed by atoms with van der Waals surface area (Å²) in [6.07, 6.45) is 3.18. The molecule has 1 amide bonds. The smallest absolute Gasteiger partial charge is 0.278 e. The Morgan fingerprint density at radius 1 is 1.13 bits per heavy atom. The lowest BCUT2D eigenvalue weighted by Crippen LogP contribution is -2.13. The first kappa shape index (κ1) is 20.3. The molecule has 3 heterocycles. The van der Waals surface area contributed by atoms with Gasteiger partial charge in [-0.05, 0) is 12.1 Å². The van der Waals surface area contributed by atoms with Gasteiger partial charge in [-0.15, -0.1) is 0 Å². The van der Waals surface area contributed by atoms with Crippen LogP contribution in [-0.4, -0.2) is 33.6 Å². The van der Waals surface area contributed by atoms with Crippen molar-refractivity contribution in [3.05, 3.63) is 78.0 Å². The molecule has 4 aromatic rings. The van der Waals surface area contributed by atoms with Crippen LogP contribution >= 0.6 is 0 Å². The van der Waals surface area contributed by atoms with E-state index in [1.165, 1.54) is 20.2 Å². The van der Waals surface area contributed by atoms with Crippen molar-refractivity contribution in [3.63, 3.8) is 0 Å². The Hall–Kier alpha value is -3.98. The molecule has 0 bridgehead atoms. The van der Waals surface area contributed by atoms with Gasteiger partial charge < -0.3 is 18.9 Å². The van der Waals surface area contributed by atoms with Gasteiger partial charge in [-0.1, -0.05) is 30.3 Å². The van der Waals surface area contributed by atoms with Gasteiger partial charge in [-0.2, -0.15) is 5.10 Å². The number of Topliss-reactive ketones (excluding diaryl/α,β-unsaturated/α-hetero) is 1. The van der Waals surface area contributed by atoms with Crippen molar-refractivity contribution < 1.29 is 23.2 Å². The van der Waals surface area contributed by atoms with E-state index in [-0.39, 0.29) is 18.1 Å². The fourth-order valence-electron chi connectivity index (χ4n) is 3.01. The third-order valence-electron chi connectivity index (χ3n) is 4.41. The number of nitrogens with one attached hydrogen (secondary N) is 1. The number of amides is 1. The first-order valence-corrected chi connectivity index (χ1v) is 9.51. The number of nitrogens with zero attached hydrogens (tertiary/aromatic N) is 3. The number of carbonyl (C=O) groups excluding carboxylic acids is 2. The average Bonchev–Trinajstić information content (AvgIpc) is 3.49. The van der Waals surface area contributed by atoms with E-state index >= 15 is 0 Å². The van der Waals surface area contributed by atoms with Crippen LogP contribution in [0.5, 0.6) is 0 Å². The summed E-state index contributed by atoms with van der Waals surface area (Å²) < 4.78 is 17.9. The lowest BCUT2D eigenvalue weighted by Gasteiger charge is -2.02. The number of hydrogen-bond acceptors (Lipinski definition) is 7. The number of anilines is 1. The van der Waals surface area contributed by atoms with Crippen LogP contribution in [0.4, 0.5) is 5.69 Å². The SMILES string of the molecule is COCc1nc(C(=O)Nc2cnn(Cc3ccc(C(C)=O)o3)c2)c(-c2ccccc2)o1. The fraction of sp³-hybridized carbons (Fsp3) is 0.182. The van der Waals surface area contributed by atoms with Gasteiger partial charge in [0.15, 0.2) is 23.0 Å². The van der Waals surface area contributed by atoms with Crippen LogP contribution in [0, 0.1) is 0 Å². The first-order valence-electron chi connectivity index (χ1n) is 9.51. The Kier molecular flexibility index (Phi) is 5.76. The number of methoxy groups -OCH3 is 1. The standard InChI is InChI=1S/C22H20N4O5/c1-14(27)18-9-8-17(30-18)12-26-11-16(10-23-26)24-22(28)20-21(15-6-4-3-5-7-15)31-19(25-20)13-29-2/h3-11H,12-13H2,1-2H3,(H,24,28). The molecule has 4 rings (SSSR count). The molecule has 3 aromatic heterocycles. The van der Waals surface area contributed by atoms with Crippen LogP contribution in [-0.2, 0) is 17.9 Å². The zero-order valence-electron chi connectivity index (χ0n) is 17.0. The summed E-state index contributed by atoms with van der Waals surface area (Å²) in [5.41, 5.74) is 1.37. The molecule has 0 unspecified atom stereocenters. The van der Waals surface area contributed by atoms with Crippen molar-refractivity contribution in [1.82, 2.24) is 14.8 Å². The third kappa shape index (κ3) is 4.62. The van der Waals surface area contributed by atoms with Crippen LogP contribution in [0.15, 0.2) is 63.7 Å². The molecular formula is C22H20N4O5. The Balaban J connectivity index is 1.51. The molecule has 0 aliphatic rings. The molecule has 0 aliphatic carbocycles. The Labute approximate surface area is 177 Å². The van der Waals surface area contributed by atoms with Crippen LogP contribution in [0.1, 0.15) is 39.6 Å². The number of benzene rings is 1. The molecule has 0 saturated heterocycles. The number of hydrogen-bond donors (Lipinski definition) is 1. The second kappa shape index (κ2) is 8.80. The molecule has 0 fully saturated rings. The maximum absolute atomic E-state index is 12.9. The summed E-state index contributed by atoms with van der Waals surface area (Å²) in [6.45, 7) is 1.91. The molecule has 1 aromatic carbocycles. The molecule has 0 atom stereocenters. The fourth-order valence-corrected chi connectivity index (χ4v) is 3.01. The second-order valence-corrected chi connectivity index (χ2v) is 6.79. The van der Waals surface area contributed by atoms with Gasteiger partial charge >= 0.3 is 0 Å². The van der Waals surface area contributed by atoms with Crippen molar-refractivity contribution in [2.75, 3.05) is 12.4 Å². The maximum Gasteiger partial charge on any atom is 0.278 e. The largest absolute Gasteiger partial charge is 0.456 e. The number of oxazole rings is 1. The number of ether oxygens (including phenoxy) is 1. The highest BCUT2D eigenvalue weighted by Gasteiger charge is 2.22. The van der Waals surface area contributed by atoms with E-state index in [1.54, 1.807) is 23.0 Å². The van der Waals surface area contributed by atoms with Crippen LogP contribution in [0.2, 0.25) is 0 Å². The zero-order valence-corrected chi connectivity index (χ0v) is 17.0. The summed E-state index contributed by atoms with van der Waals surface area (Å²) in [4.78, 5) is 28.6. The number of carbonyl (C=O) groups is 2. The molecule has 1 N–H and O–H groups in total. The molecule has 0 aliphatic heterocycles. The van der Waals surface area contributed by atoms with Gasteiger partial charge in [0.05, 0.1) is 18.4 Å². The van der Waals surface area contributed by atoms with Gasteiger partial charge in [0.25, 0.3) is 5.91 Å². The van der Waals surface area contributed by atoms with Crippen molar-refractivity contribution >= 4 is 17.4 Å². The van der Waals surface area contributed by atoms with Gasteiger partial charge in [0.1, 0.15) is 12.4 Å². The summed E-state index contributed by atoms with van der Waals surface area (Å²) in [5.74, 6) is 0.974. The quantitative estimate of drug-likeness (QED) is 0.432. The highest BCUT2D eigenvalue weighted by Crippen LogP contribution is 2.26. The van der Waals surface area contributed by atoms with Gasteiger partial charge in [0.2, 0.25) is 5.89 Å². The second-order valence-electron chi connectivity index (χ2n) is 6.79. The predicted molar refractivity (Wildman–Crippen MR) is 111 cm³/mol. The van der Waals surface area contributed by atoms with Gasteiger partial charge in [-0.25, -0.2) is 4.98 Å². The van der Waals surface area contributed by atoms with E-state index < -0.39 is 5.91 Å². The Bertz CT molecular complexity index is 1210.